The van der Waals surface area contributed by atoms with Crippen molar-refractivity contribution >= 4 is 5.91 Å². The fourth-order valence-electron chi connectivity index (χ4n) is 5.48. The Hall–Kier alpha value is -2.96. The van der Waals surface area contributed by atoms with Crippen molar-refractivity contribution < 1.29 is 9.90 Å². The zero-order valence-corrected chi connectivity index (χ0v) is 19.6. The number of nitrogens with zero attached hydrogens (tertiary/aromatic N) is 3. The third-order valence-electron chi connectivity index (χ3n) is 7.27. The summed E-state index contributed by atoms with van der Waals surface area (Å²) in [6.45, 7) is 2.20. The summed E-state index contributed by atoms with van der Waals surface area (Å²) < 4.78 is 2.08. The van der Waals surface area contributed by atoms with Gasteiger partial charge in [0.25, 0.3) is 5.91 Å². The number of hydrogen-bond donors (Lipinski definition) is 2. The van der Waals surface area contributed by atoms with Gasteiger partial charge in [-0.05, 0) is 24.8 Å². The van der Waals surface area contributed by atoms with Gasteiger partial charge >= 0.3 is 0 Å². The van der Waals surface area contributed by atoms with Crippen molar-refractivity contribution in [1.82, 2.24) is 19.8 Å². The van der Waals surface area contributed by atoms with Crippen molar-refractivity contribution in [3.8, 4) is 11.3 Å². The molecule has 3 atom stereocenters. The minimum Gasteiger partial charge on any atom is -0.391 e. The van der Waals surface area contributed by atoms with Crippen LogP contribution in [0, 0.1) is 0 Å². The number of nitrogens with one attached hydrogen (secondary N) is 1. The minimum atomic E-state index is -0.424. The molecule has 2 aliphatic rings. The predicted molar refractivity (Wildman–Crippen MR) is 134 cm³/mol. The van der Waals surface area contributed by atoms with Crippen molar-refractivity contribution in [2.24, 2.45) is 0 Å². The van der Waals surface area contributed by atoms with E-state index in [4.69, 9.17) is 0 Å². The molecular weight excluding hydrogens is 424 g/mol. The topological polar surface area (TPSA) is 70.4 Å². The molecule has 2 fully saturated rings. The number of carbonyl (C=O) groups is 1. The Morgan fingerprint density at radius 1 is 1.00 bits per heavy atom. The molecule has 6 heteroatoms. The number of piperazine rings is 1. The van der Waals surface area contributed by atoms with Crippen LogP contribution in [-0.2, 0) is 6.42 Å². The smallest absolute Gasteiger partial charge is 0.275 e. The van der Waals surface area contributed by atoms with Crippen molar-refractivity contribution in [2.75, 3.05) is 19.6 Å². The van der Waals surface area contributed by atoms with Crippen molar-refractivity contribution in [2.45, 2.75) is 56.7 Å². The minimum absolute atomic E-state index is 0.0249. The van der Waals surface area contributed by atoms with Crippen LogP contribution in [0.5, 0.6) is 0 Å². The molecule has 0 radical (unpaired) electrons. The van der Waals surface area contributed by atoms with E-state index in [1.54, 1.807) is 6.33 Å². The molecule has 0 bridgehead atoms. The molecule has 1 saturated heterocycles. The molecular formula is C28H34N4O2. The second-order valence-corrected chi connectivity index (χ2v) is 9.53. The van der Waals surface area contributed by atoms with Crippen LogP contribution < -0.4 is 5.32 Å². The highest BCUT2D eigenvalue weighted by Gasteiger charge is 2.33. The Bertz CT molecular complexity index is 1080. The molecule has 1 aliphatic carbocycles. The first-order valence-corrected chi connectivity index (χ1v) is 12.6. The maximum Gasteiger partial charge on any atom is 0.275 e. The molecule has 178 valence electrons. The van der Waals surface area contributed by atoms with Crippen LogP contribution >= 0.6 is 0 Å². The van der Waals surface area contributed by atoms with E-state index in [-0.39, 0.29) is 18.0 Å². The molecule has 2 aromatic carbocycles. The van der Waals surface area contributed by atoms with Crippen LogP contribution in [0.3, 0.4) is 0 Å². The molecule has 6 nitrogen and oxygen atoms in total. The van der Waals surface area contributed by atoms with Crippen molar-refractivity contribution in [1.29, 1.82) is 0 Å². The van der Waals surface area contributed by atoms with Crippen LogP contribution in [0.15, 0.2) is 67.0 Å². The van der Waals surface area contributed by atoms with Gasteiger partial charge in [0.2, 0.25) is 0 Å². The van der Waals surface area contributed by atoms with E-state index in [9.17, 15) is 9.90 Å². The first-order valence-electron chi connectivity index (χ1n) is 12.6. The summed E-state index contributed by atoms with van der Waals surface area (Å²) in [5.41, 5.74) is 3.51. The Balaban J connectivity index is 1.51. The van der Waals surface area contributed by atoms with Crippen LogP contribution in [0.2, 0.25) is 0 Å². The van der Waals surface area contributed by atoms with E-state index in [2.05, 4.69) is 27.0 Å². The zero-order valence-electron chi connectivity index (χ0n) is 19.6. The molecule has 1 amide bonds. The number of aliphatic hydroxyl groups is 1. The number of benzene rings is 2. The molecule has 5 rings (SSSR count). The number of aromatic nitrogens is 2. The highest BCUT2D eigenvalue weighted by Crippen LogP contribution is 2.34. The first-order chi connectivity index (χ1) is 16.7. The van der Waals surface area contributed by atoms with E-state index in [0.29, 0.717) is 12.2 Å². The van der Waals surface area contributed by atoms with Gasteiger partial charge in [-0.2, -0.15) is 0 Å². The average Bonchev–Trinajstić information content (AvgIpc) is 3.20. The Labute approximate surface area is 201 Å². The molecule has 2 heterocycles. The van der Waals surface area contributed by atoms with Gasteiger partial charge in [0.05, 0.1) is 24.2 Å². The lowest BCUT2D eigenvalue weighted by Gasteiger charge is -2.36. The molecule has 0 spiro atoms. The number of aliphatic hydroxyl groups excluding tert-OH is 1. The van der Waals surface area contributed by atoms with Crippen molar-refractivity contribution in [3.05, 3.63) is 78.2 Å². The molecule has 1 saturated carbocycles. The van der Waals surface area contributed by atoms with Gasteiger partial charge in [-0.15, -0.1) is 0 Å². The third-order valence-corrected chi connectivity index (χ3v) is 7.27. The maximum atomic E-state index is 14.0. The SMILES string of the molecule is O=C(c1ncn([C@@H]2CCCCC[C@@H]2O)c1-c1ccccc1)N1CCNC[C@H]1Cc1ccccc1. The van der Waals surface area contributed by atoms with E-state index in [1.807, 2.05) is 53.4 Å². The summed E-state index contributed by atoms with van der Waals surface area (Å²) in [6, 6.07) is 20.4. The maximum absolute atomic E-state index is 14.0. The second-order valence-electron chi connectivity index (χ2n) is 9.53. The summed E-state index contributed by atoms with van der Waals surface area (Å²) in [5.74, 6) is -0.0249. The van der Waals surface area contributed by atoms with E-state index in [0.717, 1.165) is 62.9 Å². The summed E-state index contributed by atoms with van der Waals surface area (Å²) in [5, 5.41) is 14.4. The largest absolute Gasteiger partial charge is 0.391 e. The lowest BCUT2D eigenvalue weighted by atomic mass is 10.0. The molecule has 1 aromatic heterocycles. The number of carbonyl (C=O) groups excluding carboxylic acids is 1. The molecule has 0 unspecified atom stereocenters. The zero-order chi connectivity index (χ0) is 23.3. The lowest BCUT2D eigenvalue weighted by molar-refractivity contribution is 0.0630. The summed E-state index contributed by atoms with van der Waals surface area (Å²) in [6.07, 6.45) is 7.11. The number of rotatable bonds is 5. The van der Waals surface area contributed by atoms with Gasteiger partial charge in [0.1, 0.15) is 0 Å². The van der Waals surface area contributed by atoms with E-state index < -0.39 is 6.10 Å². The van der Waals surface area contributed by atoms with Crippen LogP contribution in [0.1, 0.15) is 54.2 Å². The fourth-order valence-corrected chi connectivity index (χ4v) is 5.48. The standard InChI is InChI=1S/C28H34N4O2/c33-25-15-9-3-8-14-24(25)32-20-30-26(27(32)22-12-6-2-7-13-22)28(34)31-17-16-29-19-23(31)18-21-10-4-1-5-11-21/h1-2,4-7,10-13,20,23-25,29,33H,3,8-9,14-19H2/t23-,24-,25+/m1/s1. The normalized spacial score (nSPS) is 23.4. The van der Waals surface area contributed by atoms with Crippen LogP contribution in [-0.4, -0.2) is 57.2 Å². The number of imidazole rings is 1. The van der Waals surface area contributed by atoms with Crippen LogP contribution in [0.4, 0.5) is 0 Å². The molecule has 3 aromatic rings. The Morgan fingerprint density at radius 2 is 1.74 bits per heavy atom. The molecule has 34 heavy (non-hydrogen) atoms. The number of amides is 1. The molecule has 2 N–H and O–H groups in total. The lowest BCUT2D eigenvalue weighted by Crippen LogP contribution is -2.54. The van der Waals surface area contributed by atoms with Crippen molar-refractivity contribution in [3.63, 3.8) is 0 Å². The van der Waals surface area contributed by atoms with Crippen LogP contribution in [0.25, 0.3) is 11.3 Å². The van der Waals surface area contributed by atoms with E-state index >= 15 is 0 Å². The fraction of sp³-hybridized carbons (Fsp3) is 0.429. The summed E-state index contributed by atoms with van der Waals surface area (Å²) >= 11 is 0. The summed E-state index contributed by atoms with van der Waals surface area (Å²) in [7, 11) is 0. The highest BCUT2D eigenvalue weighted by atomic mass is 16.3. The second kappa shape index (κ2) is 10.5. The van der Waals surface area contributed by atoms with Gasteiger partial charge in [0.15, 0.2) is 5.69 Å². The van der Waals surface area contributed by atoms with Gasteiger partial charge < -0.3 is 19.9 Å². The third kappa shape index (κ3) is 4.79. The monoisotopic (exact) mass is 458 g/mol. The molecule has 1 aliphatic heterocycles. The van der Waals surface area contributed by atoms with E-state index in [1.165, 1.54) is 5.56 Å². The first kappa shape index (κ1) is 22.8. The quantitative estimate of drug-likeness (QED) is 0.566. The average molecular weight is 459 g/mol. The Morgan fingerprint density at radius 3 is 2.53 bits per heavy atom. The van der Waals surface area contributed by atoms with Gasteiger partial charge in [0, 0.05) is 31.2 Å². The highest BCUT2D eigenvalue weighted by molar-refractivity contribution is 5.98. The van der Waals surface area contributed by atoms with Gasteiger partial charge in [-0.25, -0.2) is 4.98 Å². The summed E-state index contributed by atoms with van der Waals surface area (Å²) in [4.78, 5) is 20.7. The van der Waals surface area contributed by atoms with Gasteiger partial charge in [-0.3, -0.25) is 4.79 Å². The Kier molecular flexibility index (Phi) is 7.07. The van der Waals surface area contributed by atoms with Gasteiger partial charge in [-0.1, -0.05) is 79.9 Å². The number of hydrogen-bond acceptors (Lipinski definition) is 4. The predicted octanol–water partition coefficient (Wildman–Crippen LogP) is 4.07.